The van der Waals surface area contributed by atoms with Gasteiger partial charge in [-0.1, -0.05) is 162 Å². The maximum absolute atomic E-state index is 5.70. The Kier molecular flexibility index (Phi) is 31.8. The summed E-state index contributed by atoms with van der Waals surface area (Å²) in [6, 6.07) is 0. The lowest BCUT2D eigenvalue weighted by atomic mass is 10.0. The van der Waals surface area contributed by atoms with Crippen LogP contribution in [0.2, 0.25) is 0 Å². The molecule has 0 saturated heterocycles. The van der Waals surface area contributed by atoms with E-state index in [1.54, 1.807) is 0 Å². The molecule has 0 radical (unpaired) electrons. The predicted octanol–water partition coefficient (Wildman–Crippen LogP) is 10.4. The smallest absolute Gasteiger partial charge is 0.0590 e. The first kappa shape index (κ1) is 32.9. The van der Waals surface area contributed by atoms with Gasteiger partial charge in [0, 0.05) is 13.2 Å². The molecule has 1 N–H and O–H groups in total. The summed E-state index contributed by atoms with van der Waals surface area (Å²) >= 11 is 0. The molecule has 0 amide bonds. The van der Waals surface area contributed by atoms with Crippen molar-refractivity contribution in [2.75, 3.05) is 26.3 Å². The zero-order valence-corrected chi connectivity index (χ0v) is 23.4. The van der Waals surface area contributed by atoms with E-state index < -0.39 is 0 Å². The summed E-state index contributed by atoms with van der Waals surface area (Å²) in [6.45, 7) is 8.52. The molecule has 2 nitrogen and oxygen atoms in total. The monoisotopic (exact) mass is 468 g/mol. The Balaban J connectivity index is 2.99. The lowest BCUT2D eigenvalue weighted by Crippen LogP contribution is -2.20. The van der Waals surface area contributed by atoms with Crippen LogP contribution in [0, 0.1) is 0 Å². The van der Waals surface area contributed by atoms with Crippen molar-refractivity contribution in [1.82, 2.24) is 5.32 Å². The average Bonchev–Trinajstić information content (AvgIpc) is 2.83. The molecule has 0 fully saturated rings. The molecule has 0 rings (SSSR count). The largest absolute Gasteiger partial charge is 0.380 e. The van der Waals surface area contributed by atoms with Crippen molar-refractivity contribution in [3.63, 3.8) is 0 Å². The minimum absolute atomic E-state index is 0.878. The molecule has 0 aromatic heterocycles. The second kappa shape index (κ2) is 31.9. The summed E-state index contributed by atoms with van der Waals surface area (Å²) in [5.41, 5.74) is 0. The van der Waals surface area contributed by atoms with Gasteiger partial charge in [-0.15, -0.1) is 0 Å². The van der Waals surface area contributed by atoms with Gasteiger partial charge in [-0.05, 0) is 19.4 Å². The van der Waals surface area contributed by atoms with Gasteiger partial charge in [-0.2, -0.15) is 0 Å². The second-order valence-electron chi connectivity index (χ2n) is 10.5. The maximum Gasteiger partial charge on any atom is 0.0590 e. The van der Waals surface area contributed by atoms with Crippen molar-refractivity contribution in [1.29, 1.82) is 0 Å². The molecule has 200 valence electrons. The first-order valence-corrected chi connectivity index (χ1v) is 15.7. The molecule has 0 bridgehead atoms. The van der Waals surface area contributed by atoms with Gasteiger partial charge in [0.1, 0.15) is 0 Å². The molecule has 0 unspecified atom stereocenters. The number of unbranched alkanes of at least 4 members (excludes halogenated alkanes) is 23. The normalized spacial score (nSPS) is 11.5. The molecule has 0 spiro atoms. The molecular formula is C31H65NO. The second-order valence-corrected chi connectivity index (χ2v) is 10.5. The highest BCUT2D eigenvalue weighted by atomic mass is 16.5. The van der Waals surface area contributed by atoms with Gasteiger partial charge >= 0.3 is 0 Å². The van der Waals surface area contributed by atoms with Crippen LogP contribution in [0.15, 0.2) is 0 Å². The molecule has 2 heteroatoms. The summed E-state index contributed by atoms with van der Waals surface area (Å²) in [6.07, 6.45) is 35.9. The Labute approximate surface area is 210 Å². The number of rotatable bonds is 30. The molecule has 0 aromatic carbocycles. The average molecular weight is 468 g/mol. The lowest BCUT2D eigenvalue weighted by Gasteiger charge is -2.06. The fraction of sp³-hybridized carbons (Fsp3) is 1.00. The molecule has 0 heterocycles. The minimum Gasteiger partial charge on any atom is -0.380 e. The first-order chi connectivity index (χ1) is 16.4. The molecule has 0 aliphatic rings. The lowest BCUT2D eigenvalue weighted by molar-refractivity contribution is 0.131. The van der Waals surface area contributed by atoms with Crippen LogP contribution >= 0.6 is 0 Å². The van der Waals surface area contributed by atoms with E-state index in [0.717, 1.165) is 26.3 Å². The van der Waals surface area contributed by atoms with Crippen molar-refractivity contribution < 1.29 is 4.74 Å². The molecule has 33 heavy (non-hydrogen) atoms. The highest BCUT2D eigenvalue weighted by molar-refractivity contribution is 4.52. The summed E-state index contributed by atoms with van der Waals surface area (Å²) in [4.78, 5) is 0. The highest BCUT2D eigenvalue weighted by Crippen LogP contribution is 2.15. The van der Waals surface area contributed by atoms with E-state index in [9.17, 15) is 0 Å². The number of nitrogens with one attached hydrogen (secondary N) is 1. The summed E-state index contributed by atoms with van der Waals surface area (Å²) in [5, 5.41) is 3.43. The molecule has 0 aliphatic heterocycles. The van der Waals surface area contributed by atoms with Crippen molar-refractivity contribution in [3.05, 3.63) is 0 Å². The van der Waals surface area contributed by atoms with Gasteiger partial charge in [0.2, 0.25) is 0 Å². The number of ether oxygens (including phenoxy) is 1. The Morgan fingerprint density at radius 3 is 1.03 bits per heavy atom. The van der Waals surface area contributed by atoms with Crippen LogP contribution in [-0.2, 0) is 4.74 Å². The van der Waals surface area contributed by atoms with Crippen molar-refractivity contribution in [2.24, 2.45) is 0 Å². The van der Waals surface area contributed by atoms with E-state index in [2.05, 4.69) is 19.2 Å². The molecule has 0 aliphatic carbocycles. The number of hydrogen-bond acceptors (Lipinski definition) is 2. The molecule has 0 atom stereocenters. The van der Waals surface area contributed by atoms with E-state index in [1.165, 1.54) is 161 Å². The topological polar surface area (TPSA) is 21.3 Å². The van der Waals surface area contributed by atoms with Gasteiger partial charge < -0.3 is 10.1 Å². The fourth-order valence-corrected chi connectivity index (χ4v) is 4.66. The Hall–Kier alpha value is -0.0800. The van der Waals surface area contributed by atoms with Gasteiger partial charge in [0.15, 0.2) is 0 Å². The fourth-order valence-electron chi connectivity index (χ4n) is 4.66. The van der Waals surface area contributed by atoms with Crippen LogP contribution < -0.4 is 5.32 Å². The van der Waals surface area contributed by atoms with Gasteiger partial charge in [-0.3, -0.25) is 0 Å². The van der Waals surface area contributed by atoms with Crippen molar-refractivity contribution in [2.45, 2.75) is 174 Å². The molecule has 0 saturated carbocycles. The first-order valence-electron chi connectivity index (χ1n) is 15.7. The molecule has 0 aromatic rings. The van der Waals surface area contributed by atoms with Crippen LogP contribution in [0.4, 0.5) is 0 Å². The SMILES string of the molecule is CCCCCCCCCCCCCCCCCCCCCCCCCOCCNCCCC. The van der Waals surface area contributed by atoms with Crippen LogP contribution in [0.3, 0.4) is 0 Å². The third-order valence-corrected chi connectivity index (χ3v) is 7.02. The number of hydrogen-bond donors (Lipinski definition) is 1. The third kappa shape index (κ3) is 31.9. The van der Waals surface area contributed by atoms with E-state index >= 15 is 0 Å². The Bertz CT molecular complexity index is 290. The standard InChI is InChI=1S/C31H65NO/c1-3-5-7-8-9-10-11-12-13-14-15-16-17-18-19-20-21-22-23-24-25-26-27-30-33-31-29-32-28-6-4-2/h32H,3-31H2,1-2H3. The van der Waals surface area contributed by atoms with Crippen LogP contribution in [0.1, 0.15) is 174 Å². The quantitative estimate of drug-likeness (QED) is 0.106. The minimum atomic E-state index is 0.878. The van der Waals surface area contributed by atoms with E-state index in [-0.39, 0.29) is 0 Å². The highest BCUT2D eigenvalue weighted by Gasteiger charge is 1.96. The van der Waals surface area contributed by atoms with Crippen molar-refractivity contribution >= 4 is 0 Å². The van der Waals surface area contributed by atoms with Crippen molar-refractivity contribution in [3.8, 4) is 0 Å². The van der Waals surface area contributed by atoms with Crippen LogP contribution in [0.5, 0.6) is 0 Å². The van der Waals surface area contributed by atoms with Gasteiger partial charge in [0.05, 0.1) is 6.61 Å². The van der Waals surface area contributed by atoms with Crippen LogP contribution in [0.25, 0.3) is 0 Å². The summed E-state index contributed by atoms with van der Waals surface area (Å²) < 4.78 is 5.70. The predicted molar refractivity (Wildman–Crippen MR) is 150 cm³/mol. The van der Waals surface area contributed by atoms with Gasteiger partial charge in [-0.25, -0.2) is 0 Å². The zero-order valence-electron chi connectivity index (χ0n) is 23.4. The van der Waals surface area contributed by atoms with Gasteiger partial charge in [0.25, 0.3) is 0 Å². The van der Waals surface area contributed by atoms with E-state index in [1.807, 2.05) is 0 Å². The van der Waals surface area contributed by atoms with E-state index in [0.29, 0.717) is 0 Å². The zero-order chi connectivity index (χ0) is 23.9. The third-order valence-electron chi connectivity index (χ3n) is 7.02. The molecular weight excluding hydrogens is 402 g/mol. The summed E-state index contributed by atoms with van der Waals surface area (Å²) in [7, 11) is 0. The Morgan fingerprint density at radius 2 is 0.667 bits per heavy atom. The summed E-state index contributed by atoms with van der Waals surface area (Å²) in [5.74, 6) is 0. The Morgan fingerprint density at radius 1 is 0.333 bits per heavy atom. The van der Waals surface area contributed by atoms with E-state index in [4.69, 9.17) is 4.74 Å². The maximum atomic E-state index is 5.70. The van der Waals surface area contributed by atoms with Crippen LogP contribution in [-0.4, -0.2) is 26.3 Å².